The van der Waals surface area contributed by atoms with E-state index in [9.17, 15) is 9.90 Å². The first-order valence-electron chi connectivity index (χ1n) is 7.38. The Kier molecular flexibility index (Phi) is 4.26. The molecule has 5 heteroatoms. The fraction of sp³-hybridized carbons (Fsp3) is 0.167. The van der Waals surface area contributed by atoms with Crippen LogP contribution in [0.1, 0.15) is 21.5 Å². The molecule has 0 fully saturated rings. The second-order valence-electron chi connectivity index (χ2n) is 5.50. The molecule has 3 rings (SSSR count). The summed E-state index contributed by atoms with van der Waals surface area (Å²) >= 11 is 6.14. The number of hydrogen-bond donors (Lipinski definition) is 3. The summed E-state index contributed by atoms with van der Waals surface area (Å²) in [6.45, 7) is 2.34. The number of carbonyl (C=O) groups is 1. The maximum absolute atomic E-state index is 12.1. The van der Waals surface area contributed by atoms with Crippen molar-refractivity contribution in [1.29, 1.82) is 0 Å². The molecule has 3 aromatic rings. The second kappa shape index (κ2) is 6.34. The van der Waals surface area contributed by atoms with Gasteiger partial charge in [0.05, 0.1) is 16.1 Å². The number of phenolic OH excluding ortho intramolecular Hbond substituents is 1. The molecule has 1 heterocycles. The van der Waals surface area contributed by atoms with Gasteiger partial charge in [0.15, 0.2) is 0 Å². The number of amides is 1. The maximum atomic E-state index is 12.1. The van der Waals surface area contributed by atoms with Crippen molar-refractivity contribution in [3.8, 4) is 5.75 Å². The Morgan fingerprint density at radius 2 is 2.13 bits per heavy atom. The number of para-hydroxylation sites is 1. The van der Waals surface area contributed by atoms with E-state index < -0.39 is 0 Å². The number of hydrogen-bond acceptors (Lipinski definition) is 2. The Morgan fingerprint density at radius 1 is 1.30 bits per heavy atom. The number of phenols is 1. The Hall–Kier alpha value is -2.46. The van der Waals surface area contributed by atoms with Crippen LogP contribution in [-0.4, -0.2) is 22.5 Å². The van der Waals surface area contributed by atoms with Crippen molar-refractivity contribution < 1.29 is 9.90 Å². The van der Waals surface area contributed by atoms with Gasteiger partial charge in [-0.2, -0.15) is 0 Å². The zero-order valence-electron chi connectivity index (χ0n) is 12.7. The van der Waals surface area contributed by atoms with Gasteiger partial charge >= 0.3 is 0 Å². The number of nitrogens with one attached hydrogen (secondary N) is 2. The van der Waals surface area contributed by atoms with E-state index in [-0.39, 0.29) is 17.2 Å². The van der Waals surface area contributed by atoms with E-state index >= 15 is 0 Å². The molecule has 23 heavy (non-hydrogen) atoms. The number of aromatic nitrogens is 1. The summed E-state index contributed by atoms with van der Waals surface area (Å²) in [6, 6.07) is 10.8. The zero-order chi connectivity index (χ0) is 16.4. The highest BCUT2D eigenvalue weighted by Crippen LogP contribution is 2.25. The molecule has 0 saturated heterocycles. The van der Waals surface area contributed by atoms with E-state index in [1.54, 1.807) is 18.2 Å². The number of carbonyl (C=O) groups excluding carboxylic acids is 1. The topological polar surface area (TPSA) is 65.1 Å². The standard InChI is InChI=1S/C18H17ClN2O2/c1-11-5-6-14(16(22)9-11)18(23)20-8-7-12-10-21-17-13(12)3-2-4-15(17)19/h2-6,9-10,21-22H,7-8H2,1H3,(H,20,23). The zero-order valence-corrected chi connectivity index (χ0v) is 13.4. The van der Waals surface area contributed by atoms with E-state index in [2.05, 4.69) is 10.3 Å². The molecule has 0 saturated carbocycles. The molecule has 0 bridgehead atoms. The van der Waals surface area contributed by atoms with E-state index in [0.717, 1.165) is 22.0 Å². The fourth-order valence-electron chi connectivity index (χ4n) is 2.62. The lowest BCUT2D eigenvalue weighted by molar-refractivity contribution is 0.0951. The lowest BCUT2D eigenvalue weighted by Crippen LogP contribution is -2.25. The van der Waals surface area contributed by atoms with Gasteiger partial charge in [-0.15, -0.1) is 0 Å². The van der Waals surface area contributed by atoms with Crippen molar-refractivity contribution >= 4 is 28.4 Å². The lowest BCUT2D eigenvalue weighted by Gasteiger charge is -2.07. The number of benzene rings is 2. The molecule has 4 nitrogen and oxygen atoms in total. The third-order valence-electron chi connectivity index (χ3n) is 3.83. The van der Waals surface area contributed by atoms with Crippen LogP contribution in [0.15, 0.2) is 42.6 Å². The first kappa shape index (κ1) is 15.4. The number of aromatic amines is 1. The average molecular weight is 329 g/mol. The van der Waals surface area contributed by atoms with Crippen LogP contribution in [0.2, 0.25) is 5.02 Å². The van der Waals surface area contributed by atoms with Crippen LogP contribution in [0.25, 0.3) is 10.9 Å². The van der Waals surface area contributed by atoms with Gasteiger partial charge in [0.1, 0.15) is 5.75 Å². The van der Waals surface area contributed by atoms with Crippen molar-refractivity contribution in [2.75, 3.05) is 6.54 Å². The predicted octanol–water partition coefficient (Wildman–Crippen LogP) is 3.81. The van der Waals surface area contributed by atoms with Gasteiger partial charge in [-0.1, -0.05) is 29.8 Å². The van der Waals surface area contributed by atoms with Crippen molar-refractivity contribution in [2.45, 2.75) is 13.3 Å². The van der Waals surface area contributed by atoms with Crippen molar-refractivity contribution in [3.05, 3.63) is 64.3 Å². The minimum atomic E-state index is -0.277. The minimum absolute atomic E-state index is 0.00127. The van der Waals surface area contributed by atoms with Gasteiger partial charge in [-0.3, -0.25) is 4.79 Å². The molecule has 0 unspecified atom stereocenters. The normalized spacial score (nSPS) is 10.9. The molecule has 0 aliphatic heterocycles. The highest BCUT2D eigenvalue weighted by Gasteiger charge is 2.11. The van der Waals surface area contributed by atoms with Gasteiger partial charge in [0.25, 0.3) is 5.91 Å². The van der Waals surface area contributed by atoms with E-state index in [0.29, 0.717) is 18.0 Å². The summed E-state index contributed by atoms with van der Waals surface area (Å²) in [5.74, 6) is -0.276. The number of aryl methyl sites for hydroxylation is 1. The summed E-state index contributed by atoms with van der Waals surface area (Å²) in [6.07, 6.45) is 2.59. The first-order chi connectivity index (χ1) is 11.1. The van der Waals surface area contributed by atoms with Crippen molar-refractivity contribution in [1.82, 2.24) is 10.3 Å². The number of fused-ring (bicyclic) bond motifs is 1. The molecule has 0 radical (unpaired) electrons. The first-order valence-corrected chi connectivity index (χ1v) is 7.76. The molecule has 118 valence electrons. The largest absolute Gasteiger partial charge is 0.507 e. The molecule has 1 aromatic heterocycles. The highest BCUT2D eigenvalue weighted by atomic mass is 35.5. The molecule has 0 aliphatic carbocycles. The van der Waals surface area contributed by atoms with Gasteiger partial charge in [-0.05, 0) is 42.7 Å². The molecule has 3 N–H and O–H groups in total. The third-order valence-corrected chi connectivity index (χ3v) is 4.14. The van der Waals surface area contributed by atoms with Crippen LogP contribution in [0, 0.1) is 6.92 Å². The summed E-state index contributed by atoms with van der Waals surface area (Å²) in [7, 11) is 0. The van der Waals surface area contributed by atoms with Gasteiger partial charge in [0, 0.05) is 18.1 Å². The average Bonchev–Trinajstić information content (AvgIpc) is 2.92. The fourth-order valence-corrected chi connectivity index (χ4v) is 2.85. The minimum Gasteiger partial charge on any atom is -0.507 e. The van der Waals surface area contributed by atoms with Gasteiger partial charge in [0.2, 0.25) is 0 Å². The monoisotopic (exact) mass is 328 g/mol. The second-order valence-corrected chi connectivity index (χ2v) is 5.91. The molecule has 2 aromatic carbocycles. The van der Waals surface area contributed by atoms with Crippen molar-refractivity contribution in [2.24, 2.45) is 0 Å². The number of halogens is 1. The number of aromatic hydroxyl groups is 1. The van der Waals surface area contributed by atoms with Crippen LogP contribution >= 0.6 is 11.6 Å². The summed E-state index contributed by atoms with van der Waals surface area (Å²) in [5, 5.41) is 14.4. The van der Waals surface area contributed by atoms with E-state index in [1.807, 2.05) is 31.3 Å². The summed E-state index contributed by atoms with van der Waals surface area (Å²) < 4.78 is 0. The van der Waals surface area contributed by atoms with Crippen LogP contribution < -0.4 is 5.32 Å². The molecular formula is C18H17ClN2O2. The van der Waals surface area contributed by atoms with E-state index in [1.165, 1.54) is 0 Å². The van der Waals surface area contributed by atoms with Crippen LogP contribution in [0.4, 0.5) is 0 Å². The summed E-state index contributed by atoms with van der Waals surface area (Å²) in [5.41, 5.74) is 3.20. The number of rotatable bonds is 4. The Labute approximate surface area is 139 Å². The molecule has 0 spiro atoms. The van der Waals surface area contributed by atoms with Crippen molar-refractivity contribution in [3.63, 3.8) is 0 Å². The van der Waals surface area contributed by atoms with Crippen LogP contribution in [0.3, 0.4) is 0 Å². The summed E-state index contributed by atoms with van der Waals surface area (Å²) in [4.78, 5) is 15.3. The number of H-pyrrole nitrogens is 1. The Morgan fingerprint density at radius 3 is 2.91 bits per heavy atom. The smallest absolute Gasteiger partial charge is 0.255 e. The van der Waals surface area contributed by atoms with Crippen LogP contribution in [-0.2, 0) is 6.42 Å². The molecule has 0 atom stereocenters. The Balaban J connectivity index is 1.66. The SMILES string of the molecule is Cc1ccc(C(=O)NCCc2c[nH]c3c(Cl)cccc23)c(O)c1. The van der Waals surface area contributed by atoms with Gasteiger partial charge in [-0.25, -0.2) is 0 Å². The van der Waals surface area contributed by atoms with Gasteiger partial charge < -0.3 is 15.4 Å². The quantitative estimate of drug-likeness (QED) is 0.682. The molecular weight excluding hydrogens is 312 g/mol. The lowest BCUT2D eigenvalue weighted by atomic mass is 10.1. The molecule has 1 amide bonds. The third kappa shape index (κ3) is 3.17. The van der Waals surface area contributed by atoms with Crippen LogP contribution in [0.5, 0.6) is 5.75 Å². The Bertz CT molecular complexity index is 871. The predicted molar refractivity (Wildman–Crippen MR) is 92.2 cm³/mol. The van der Waals surface area contributed by atoms with E-state index in [4.69, 9.17) is 11.6 Å². The molecule has 0 aliphatic rings. The maximum Gasteiger partial charge on any atom is 0.255 e. The highest BCUT2D eigenvalue weighted by molar-refractivity contribution is 6.35.